The number of carbonyl (C=O) groups is 1. The summed E-state index contributed by atoms with van der Waals surface area (Å²) in [7, 11) is 3.14. The van der Waals surface area contributed by atoms with E-state index in [-0.39, 0.29) is 0 Å². The van der Waals surface area contributed by atoms with E-state index < -0.39 is 11.6 Å². The third kappa shape index (κ3) is 2.96. The summed E-state index contributed by atoms with van der Waals surface area (Å²) < 4.78 is 17.9. The Morgan fingerprint density at radius 2 is 1.93 bits per heavy atom. The number of methoxy groups -OCH3 is 1. The zero-order valence-electron chi connectivity index (χ0n) is 15.6. The van der Waals surface area contributed by atoms with Crippen LogP contribution in [0.5, 0.6) is 11.5 Å². The SMILES string of the molecule is COC(=O)N(C)C1(c2nnnn2-c2ccc3c(c2)OCCO3)CCCCC1. The van der Waals surface area contributed by atoms with E-state index in [0.29, 0.717) is 30.5 Å². The molecule has 1 aliphatic carbocycles. The fourth-order valence-electron chi connectivity index (χ4n) is 3.97. The number of rotatable bonds is 3. The van der Waals surface area contributed by atoms with Crippen LogP contribution in [-0.2, 0) is 10.3 Å². The Balaban J connectivity index is 1.78. The number of carbonyl (C=O) groups excluding carboxylic acids is 1. The highest BCUT2D eigenvalue weighted by molar-refractivity contribution is 5.68. The molecule has 2 aromatic rings. The van der Waals surface area contributed by atoms with Gasteiger partial charge in [0.15, 0.2) is 17.3 Å². The van der Waals surface area contributed by atoms with Crippen molar-refractivity contribution in [2.75, 3.05) is 27.4 Å². The van der Waals surface area contributed by atoms with Gasteiger partial charge in [-0.2, -0.15) is 4.68 Å². The second kappa shape index (κ2) is 7.05. The van der Waals surface area contributed by atoms with Crippen LogP contribution in [0.3, 0.4) is 0 Å². The first-order chi connectivity index (χ1) is 13.2. The summed E-state index contributed by atoms with van der Waals surface area (Å²) >= 11 is 0. The summed E-state index contributed by atoms with van der Waals surface area (Å²) in [5.74, 6) is 2.00. The maximum Gasteiger partial charge on any atom is 0.410 e. The van der Waals surface area contributed by atoms with E-state index in [9.17, 15) is 4.79 Å². The van der Waals surface area contributed by atoms with Crippen LogP contribution in [0.1, 0.15) is 37.9 Å². The highest BCUT2D eigenvalue weighted by Crippen LogP contribution is 2.42. The zero-order chi connectivity index (χ0) is 18.9. The lowest BCUT2D eigenvalue weighted by molar-refractivity contribution is 0.0472. The second-order valence-electron chi connectivity index (χ2n) is 6.86. The van der Waals surface area contributed by atoms with Crippen LogP contribution in [0.2, 0.25) is 0 Å². The van der Waals surface area contributed by atoms with Crippen LogP contribution in [0, 0.1) is 0 Å². The standard InChI is InChI=1S/C18H23N5O4/c1-22(17(24)25-2)18(8-4-3-5-9-18)16-19-20-21-23(16)13-6-7-14-15(12-13)27-11-10-26-14/h6-7,12H,3-5,8-11H2,1-2H3. The van der Waals surface area contributed by atoms with Gasteiger partial charge in [0.25, 0.3) is 0 Å². The lowest BCUT2D eigenvalue weighted by Crippen LogP contribution is -2.50. The minimum atomic E-state index is -0.609. The summed E-state index contributed by atoms with van der Waals surface area (Å²) in [5, 5.41) is 12.4. The number of ether oxygens (including phenoxy) is 3. The summed E-state index contributed by atoms with van der Waals surface area (Å²) in [6.07, 6.45) is 4.29. The number of hydrogen-bond acceptors (Lipinski definition) is 7. The van der Waals surface area contributed by atoms with Crippen molar-refractivity contribution in [2.45, 2.75) is 37.6 Å². The predicted molar refractivity (Wildman–Crippen MR) is 95.1 cm³/mol. The summed E-state index contributed by atoms with van der Waals surface area (Å²) in [6, 6.07) is 5.61. The summed E-state index contributed by atoms with van der Waals surface area (Å²) in [4.78, 5) is 14.0. The smallest absolute Gasteiger partial charge is 0.410 e. The maximum absolute atomic E-state index is 12.3. The van der Waals surface area contributed by atoms with Gasteiger partial charge in [0.05, 0.1) is 12.8 Å². The number of nitrogens with zero attached hydrogens (tertiary/aromatic N) is 5. The molecule has 27 heavy (non-hydrogen) atoms. The minimum absolute atomic E-state index is 0.395. The van der Waals surface area contributed by atoms with Gasteiger partial charge in [-0.15, -0.1) is 5.10 Å². The van der Waals surface area contributed by atoms with E-state index >= 15 is 0 Å². The monoisotopic (exact) mass is 373 g/mol. The quantitative estimate of drug-likeness (QED) is 0.815. The van der Waals surface area contributed by atoms with Gasteiger partial charge in [-0.05, 0) is 35.4 Å². The first kappa shape index (κ1) is 17.6. The van der Waals surface area contributed by atoms with Crippen LogP contribution >= 0.6 is 0 Å². The van der Waals surface area contributed by atoms with Gasteiger partial charge in [0.1, 0.15) is 18.8 Å². The number of benzene rings is 1. The van der Waals surface area contributed by atoms with Gasteiger partial charge < -0.3 is 14.2 Å². The third-order valence-corrected chi connectivity index (χ3v) is 5.43. The van der Waals surface area contributed by atoms with E-state index in [0.717, 1.165) is 37.8 Å². The van der Waals surface area contributed by atoms with Crippen molar-refractivity contribution in [3.63, 3.8) is 0 Å². The summed E-state index contributed by atoms with van der Waals surface area (Å²) in [6.45, 7) is 1.05. The molecule has 1 fully saturated rings. The number of aromatic nitrogens is 4. The van der Waals surface area contributed by atoms with Crippen LogP contribution in [0.25, 0.3) is 5.69 Å². The van der Waals surface area contributed by atoms with E-state index in [4.69, 9.17) is 14.2 Å². The zero-order valence-corrected chi connectivity index (χ0v) is 15.6. The number of fused-ring (bicyclic) bond motifs is 1. The third-order valence-electron chi connectivity index (χ3n) is 5.43. The lowest BCUT2D eigenvalue weighted by Gasteiger charge is -2.42. The van der Waals surface area contributed by atoms with E-state index in [1.54, 1.807) is 16.6 Å². The van der Waals surface area contributed by atoms with Crippen LogP contribution in [0.4, 0.5) is 4.79 Å². The molecule has 0 unspecified atom stereocenters. The van der Waals surface area contributed by atoms with Crippen molar-refractivity contribution in [3.05, 3.63) is 24.0 Å². The van der Waals surface area contributed by atoms with Crippen molar-refractivity contribution in [2.24, 2.45) is 0 Å². The van der Waals surface area contributed by atoms with Gasteiger partial charge >= 0.3 is 6.09 Å². The topological polar surface area (TPSA) is 91.6 Å². The molecular weight excluding hydrogens is 350 g/mol. The second-order valence-corrected chi connectivity index (χ2v) is 6.86. The lowest BCUT2D eigenvalue weighted by atomic mass is 9.79. The molecule has 1 aromatic carbocycles. The van der Waals surface area contributed by atoms with E-state index in [1.807, 2.05) is 18.2 Å². The van der Waals surface area contributed by atoms with Crippen molar-refractivity contribution in [1.82, 2.24) is 25.1 Å². The molecule has 0 atom stereocenters. The van der Waals surface area contributed by atoms with Gasteiger partial charge in [-0.3, -0.25) is 4.90 Å². The average molecular weight is 373 g/mol. The molecule has 4 rings (SSSR count). The normalized spacial score (nSPS) is 18.0. The molecule has 1 aromatic heterocycles. The molecule has 2 aliphatic rings. The van der Waals surface area contributed by atoms with Crippen molar-refractivity contribution < 1.29 is 19.0 Å². The number of amides is 1. The van der Waals surface area contributed by atoms with Crippen LogP contribution in [0.15, 0.2) is 18.2 Å². The molecule has 2 heterocycles. The molecule has 1 saturated carbocycles. The molecule has 0 saturated heterocycles. The fraction of sp³-hybridized carbons (Fsp3) is 0.556. The Bertz CT molecular complexity index is 831. The number of tetrazole rings is 1. The predicted octanol–water partition coefficient (Wildman–Crippen LogP) is 2.29. The van der Waals surface area contributed by atoms with E-state index in [2.05, 4.69) is 15.5 Å². The Kier molecular flexibility index (Phi) is 4.59. The highest BCUT2D eigenvalue weighted by atomic mass is 16.6. The Hall–Kier alpha value is -2.84. The van der Waals surface area contributed by atoms with Crippen LogP contribution in [-0.4, -0.2) is 58.6 Å². The molecule has 0 spiro atoms. The maximum atomic E-state index is 12.3. The van der Waals surface area contributed by atoms with Crippen molar-refractivity contribution in [3.8, 4) is 17.2 Å². The Labute approximate surface area is 157 Å². The van der Waals surface area contributed by atoms with Crippen molar-refractivity contribution in [1.29, 1.82) is 0 Å². The van der Waals surface area contributed by atoms with Crippen LogP contribution < -0.4 is 9.47 Å². The van der Waals surface area contributed by atoms with Gasteiger partial charge in [0, 0.05) is 13.1 Å². The fourth-order valence-corrected chi connectivity index (χ4v) is 3.97. The van der Waals surface area contributed by atoms with E-state index in [1.165, 1.54) is 7.11 Å². The minimum Gasteiger partial charge on any atom is -0.486 e. The van der Waals surface area contributed by atoms with Gasteiger partial charge in [-0.25, -0.2) is 4.79 Å². The molecule has 0 bridgehead atoms. The number of hydrogen-bond donors (Lipinski definition) is 0. The first-order valence-corrected chi connectivity index (χ1v) is 9.16. The molecule has 9 nitrogen and oxygen atoms in total. The molecule has 0 N–H and O–H groups in total. The first-order valence-electron chi connectivity index (χ1n) is 9.16. The summed E-state index contributed by atoms with van der Waals surface area (Å²) in [5.41, 5.74) is 0.157. The molecule has 1 aliphatic heterocycles. The van der Waals surface area contributed by atoms with Gasteiger partial charge in [0.2, 0.25) is 0 Å². The van der Waals surface area contributed by atoms with Gasteiger partial charge in [-0.1, -0.05) is 19.3 Å². The molecular formula is C18H23N5O4. The molecule has 144 valence electrons. The van der Waals surface area contributed by atoms with Crippen molar-refractivity contribution >= 4 is 6.09 Å². The molecule has 9 heteroatoms. The highest BCUT2D eigenvalue weighted by Gasteiger charge is 2.45. The largest absolute Gasteiger partial charge is 0.486 e. The average Bonchev–Trinajstić information content (AvgIpc) is 3.23. The Morgan fingerprint density at radius 1 is 1.19 bits per heavy atom. The molecule has 1 amide bonds. The molecule has 0 radical (unpaired) electrons. The Morgan fingerprint density at radius 3 is 2.67 bits per heavy atom.